The van der Waals surface area contributed by atoms with Crippen LogP contribution in [-0.4, -0.2) is 45.8 Å². The molecular weight excluding hydrogens is 344 g/mol. The molecule has 3 aromatic heterocycles. The minimum absolute atomic E-state index is 0.00601. The van der Waals surface area contributed by atoms with E-state index >= 15 is 0 Å². The highest BCUT2D eigenvalue weighted by molar-refractivity contribution is 5.66. The van der Waals surface area contributed by atoms with Gasteiger partial charge in [0.1, 0.15) is 11.5 Å². The Bertz CT molecular complexity index is 1060. The quantitative estimate of drug-likeness (QED) is 0.768. The topological polar surface area (TPSA) is 75.8 Å². The third kappa shape index (κ3) is 2.91. The molecule has 0 bridgehead atoms. The molecular formula is C20H24N4O3. The second-order valence-electron chi connectivity index (χ2n) is 7.75. The molecule has 1 atom stereocenters. The van der Waals surface area contributed by atoms with Crippen LogP contribution < -0.4 is 5.56 Å². The predicted octanol–water partition coefficient (Wildman–Crippen LogP) is 2.29. The first-order valence-corrected chi connectivity index (χ1v) is 9.59. The van der Waals surface area contributed by atoms with Crippen molar-refractivity contribution in [3.05, 3.63) is 45.3 Å². The summed E-state index contributed by atoms with van der Waals surface area (Å²) in [5.41, 5.74) is 4.25. The van der Waals surface area contributed by atoms with Crippen LogP contribution in [0, 0.1) is 19.8 Å². The van der Waals surface area contributed by atoms with Crippen molar-refractivity contribution in [3.8, 4) is 11.3 Å². The zero-order valence-electron chi connectivity index (χ0n) is 15.7. The van der Waals surface area contributed by atoms with E-state index in [-0.39, 0.29) is 5.56 Å². The number of aryl methyl sites for hydroxylation is 2. The average molecular weight is 368 g/mol. The van der Waals surface area contributed by atoms with Crippen LogP contribution >= 0.6 is 0 Å². The van der Waals surface area contributed by atoms with Gasteiger partial charge < -0.3 is 9.15 Å². The van der Waals surface area contributed by atoms with Crippen molar-refractivity contribution in [2.75, 3.05) is 26.3 Å². The Balaban J connectivity index is 1.50. The van der Waals surface area contributed by atoms with Crippen molar-refractivity contribution in [2.45, 2.75) is 33.2 Å². The standard InChI is InChI=1S/C20H24N4O3/c1-12-7-15(13(2)27-12)18-8-19-21-17-3-5-23(9-14-4-6-26-11-14)10-16(17)20(25)24(19)22-18/h7-8,14,22H,3-6,9-11H2,1-2H3/t14-/m0/s1. The van der Waals surface area contributed by atoms with Gasteiger partial charge in [0.15, 0.2) is 5.65 Å². The number of fused-ring (bicyclic) bond motifs is 2. The lowest BCUT2D eigenvalue weighted by Crippen LogP contribution is -2.39. The molecule has 7 nitrogen and oxygen atoms in total. The third-order valence-electron chi connectivity index (χ3n) is 5.71. The molecule has 0 aromatic carbocycles. The van der Waals surface area contributed by atoms with Crippen LogP contribution in [-0.2, 0) is 17.7 Å². The normalized spacial score (nSPS) is 20.4. The number of nitrogens with zero attached hydrogens (tertiary/aromatic N) is 3. The number of hydrogen-bond donors (Lipinski definition) is 1. The Morgan fingerprint density at radius 3 is 2.96 bits per heavy atom. The molecule has 2 aliphatic heterocycles. The molecule has 2 aliphatic rings. The average Bonchev–Trinajstić information content (AvgIpc) is 3.36. The molecule has 142 valence electrons. The number of furan rings is 1. The molecule has 0 aliphatic carbocycles. The fraction of sp³-hybridized carbons (Fsp3) is 0.500. The fourth-order valence-electron chi connectivity index (χ4n) is 4.32. The van der Waals surface area contributed by atoms with Gasteiger partial charge in [-0.15, -0.1) is 0 Å². The Morgan fingerprint density at radius 2 is 2.22 bits per heavy atom. The summed E-state index contributed by atoms with van der Waals surface area (Å²) in [6.07, 6.45) is 1.93. The zero-order chi connectivity index (χ0) is 18.5. The Labute approximate surface area is 156 Å². The largest absolute Gasteiger partial charge is 0.466 e. The van der Waals surface area contributed by atoms with Crippen molar-refractivity contribution in [1.82, 2.24) is 19.5 Å². The Hall–Kier alpha value is -2.38. The van der Waals surface area contributed by atoms with Gasteiger partial charge in [0, 0.05) is 44.3 Å². The molecule has 0 amide bonds. The van der Waals surface area contributed by atoms with Gasteiger partial charge in [-0.25, -0.2) is 9.50 Å². The molecule has 1 saturated heterocycles. The van der Waals surface area contributed by atoms with Crippen molar-refractivity contribution < 1.29 is 9.15 Å². The highest BCUT2D eigenvalue weighted by Crippen LogP contribution is 2.26. The second-order valence-corrected chi connectivity index (χ2v) is 7.75. The first kappa shape index (κ1) is 16.8. The number of hydrogen-bond acceptors (Lipinski definition) is 5. The highest BCUT2D eigenvalue weighted by Gasteiger charge is 2.26. The summed E-state index contributed by atoms with van der Waals surface area (Å²) < 4.78 is 12.7. The van der Waals surface area contributed by atoms with Gasteiger partial charge in [0.05, 0.1) is 23.6 Å². The summed E-state index contributed by atoms with van der Waals surface area (Å²) in [7, 11) is 0. The van der Waals surface area contributed by atoms with Crippen molar-refractivity contribution >= 4 is 5.65 Å². The first-order valence-electron chi connectivity index (χ1n) is 9.59. The summed E-state index contributed by atoms with van der Waals surface area (Å²) in [6.45, 7) is 8.15. The van der Waals surface area contributed by atoms with E-state index in [0.29, 0.717) is 18.1 Å². The molecule has 0 unspecified atom stereocenters. The van der Waals surface area contributed by atoms with Gasteiger partial charge in [0.2, 0.25) is 0 Å². The van der Waals surface area contributed by atoms with Gasteiger partial charge >= 0.3 is 0 Å². The van der Waals surface area contributed by atoms with E-state index in [1.54, 1.807) is 4.52 Å². The SMILES string of the molecule is Cc1cc(-c2cc3nc4c(c(=O)n3[nH]2)CN(C[C@@H]2CCOC2)CC4)c(C)o1. The molecule has 1 fully saturated rings. The highest BCUT2D eigenvalue weighted by atomic mass is 16.5. The predicted molar refractivity (Wildman–Crippen MR) is 101 cm³/mol. The second kappa shape index (κ2) is 6.35. The summed E-state index contributed by atoms with van der Waals surface area (Å²) in [4.78, 5) is 20.2. The van der Waals surface area contributed by atoms with E-state index in [4.69, 9.17) is 14.1 Å². The number of aromatic amines is 1. The Kier molecular flexibility index (Phi) is 3.94. The number of H-pyrrole nitrogens is 1. The minimum Gasteiger partial charge on any atom is -0.466 e. The molecule has 0 saturated carbocycles. The maximum atomic E-state index is 13.1. The Morgan fingerprint density at radius 1 is 1.33 bits per heavy atom. The minimum atomic E-state index is 0.00601. The van der Waals surface area contributed by atoms with Crippen LogP contribution in [0.3, 0.4) is 0 Å². The fourth-order valence-corrected chi connectivity index (χ4v) is 4.32. The lowest BCUT2D eigenvalue weighted by Gasteiger charge is -2.29. The van der Waals surface area contributed by atoms with Crippen LogP contribution in [0.5, 0.6) is 0 Å². The van der Waals surface area contributed by atoms with E-state index in [1.165, 1.54) is 0 Å². The van der Waals surface area contributed by atoms with Crippen LogP contribution in [0.15, 0.2) is 21.3 Å². The molecule has 7 heteroatoms. The van der Waals surface area contributed by atoms with E-state index in [2.05, 4.69) is 10.00 Å². The van der Waals surface area contributed by atoms with Gasteiger partial charge in [-0.05, 0) is 32.3 Å². The van der Waals surface area contributed by atoms with Crippen molar-refractivity contribution in [2.24, 2.45) is 5.92 Å². The van der Waals surface area contributed by atoms with Crippen LogP contribution in [0.4, 0.5) is 0 Å². The first-order chi connectivity index (χ1) is 13.1. The summed E-state index contributed by atoms with van der Waals surface area (Å²) >= 11 is 0. The summed E-state index contributed by atoms with van der Waals surface area (Å²) in [5.74, 6) is 2.27. The van der Waals surface area contributed by atoms with Crippen LogP contribution in [0.1, 0.15) is 29.2 Å². The van der Waals surface area contributed by atoms with Crippen LogP contribution in [0.25, 0.3) is 16.9 Å². The van der Waals surface area contributed by atoms with Gasteiger partial charge in [-0.3, -0.25) is 14.8 Å². The van der Waals surface area contributed by atoms with E-state index in [9.17, 15) is 4.79 Å². The molecule has 0 radical (unpaired) electrons. The van der Waals surface area contributed by atoms with E-state index < -0.39 is 0 Å². The number of ether oxygens (including phenoxy) is 1. The molecule has 3 aromatic rings. The van der Waals surface area contributed by atoms with Crippen molar-refractivity contribution in [1.29, 1.82) is 0 Å². The van der Waals surface area contributed by atoms with Gasteiger partial charge in [-0.2, -0.15) is 0 Å². The lowest BCUT2D eigenvalue weighted by atomic mass is 10.0. The van der Waals surface area contributed by atoms with E-state index in [1.807, 2.05) is 26.0 Å². The zero-order valence-corrected chi connectivity index (χ0v) is 15.7. The molecule has 27 heavy (non-hydrogen) atoms. The summed E-state index contributed by atoms with van der Waals surface area (Å²) in [6, 6.07) is 3.91. The van der Waals surface area contributed by atoms with Gasteiger partial charge in [-0.1, -0.05) is 0 Å². The maximum absolute atomic E-state index is 13.1. The molecule has 1 N–H and O–H groups in total. The smallest absolute Gasteiger partial charge is 0.277 e. The van der Waals surface area contributed by atoms with Crippen molar-refractivity contribution in [3.63, 3.8) is 0 Å². The monoisotopic (exact) mass is 368 g/mol. The summed E-state index contributed by atoms with van der Waals surface area (Å²) in [5, 5.41) is 3.22. The number of aromatic nitrogens is 3. The molecule has 5 heterocycles. The molecule has 0 spiro atoms. The maximum Gasteiger partial charge on any atom is 0.277 e. The molecule has 5 rings (SSSR count). The number of nitrogens with one attached hydrogen (secondary N) is 1. The van der Waals surface area contributed by atoms with E-state index in [0.717, 1.165) is 73.2 Å². The lowest BCUT2D eigenvalue weighted by molar-refractivity contribution is 0.161. The third-order valence-corrected chi connectivity index (χ3v) is 5.71. The van der Waals surface area contributed by atoms with Gasteiger partial charge in [0.25, 0.3) is 5.56 Å². The van der Waals surface area contributed by atoms with Crippen LogP contribution in [0.2, 0.25) is 0 Å². The number of rotatable bonds is 3.